The largest absolute Gasteiger partial charge is 0.472 e. The molecule has 8 nitrogen and oxygen atoms in total. The van der Waals surface area contributed by atoms with Crippen molar-refractivity contribution in [1.82, 2.24) is 0 Å². The molecule has 2 atom stereocenters. The number of allylic oxidation sites excluding steroid dienone is 2. The molecular formula is C39H75O8P. The molecule has 2 unspecified atom stereocenters. The Morgan fingerprint density at radius 2 is 0.938 bits per heavy atom. The predicted molar refractivity (Wildman–Crippen MR) is 198 cm³/mol. The fourth-order valence-electron chi connectivity index (χ4n) is 5.62. The minimum Gasteiger partial charge on any atom is -0.462 e. The van der Waals surface area contributed by atoms with Crippen LogP contribution in [0.3, 0.4) is 0 Å². The van der Waals surface area contributed by atoms with E-state index in [0.717, 1.165) is 51.4 Å². The lowest BCUT2D eigenvalue weighted by Crippen LogP contribution is -2.29. The maximum Gasteiger partial charge on any atom is 0.472 e. The van der Waals surface area contributed by atoms with Crippen molar-refractivity contribution in [2.45, 2.75) is 207 Å². The van der Waals surface area contributed by atoms with Gasteiger partial charge in [-0.05, 0) is 45.4 Å². The standard InChI is InChI=1S/C39H75O8P/c1-4-7-9-11-13-15-17-19-20-21-22-24-25-27-29-31-33-38(40)44-35-37(36-46-48(42,43)45-6-3)47-39(41)34-32-30-28-26-23-18-16-14-12-10-8-5-2/h14,16,37H,4-13,15,17-36H2,1-3H3,(H,42,43)/b16-14-. The van der Waals surface area contributed by atoms with Crippen LogP contribution >= 0.6 is 7.82 Å². The molecule has 0 bridgehead atoms. The Hall–Kier alpha value is -1.21. The molecule has 0 aliphatic heterocycles. The first-order valence-electron chi connectivity index (χ1n) is 20.0. The van der Waals surface area contributed by atoms with Crippen molar-refractivity contribution in [3.05, 3.63) is 12.2 Å². The Balaban J connectivity index is 4.08. The lowest BCUT2D eigenvalue weighted by atomic mass is 10.0. The summed E-state index contributed by atoms with van der Waals surface area (Å²) in [6.07, 6.45) is 35.5. The molecule has 1 N–H and O–H groups in total. The van der Waals surface area contributed by atoms with E-state index in [-0.39, 0.29) is 25.6 Å². The second-order valence-electron chi connectivity index (χ2n) is 13.3. The fraction of sp³-hybridized carbons (Fsp3) is 0.897. The van der Waals surface area contributed by atoms with Crippen LogP contribution in [0.25, 0.3) is 0 Å². The Labute approximate surface area is 295 Å². The van der Waals surface area contributed by atoms with Crippen LogP contribution in [0, 0.1) is 0 Å². The highest BCUT2D eigenvalue weighted by Crippen LogP contribution is 2.43. The van der Waals surface area contributed by atoms with Crippen molar-refractivity contribution in [2.75, 3.05) is 19.8 Å². The van der Waals surface area contributed by atoms with E-state index in [2.05, 4.69) is 26.0 Å². The van der Waals surface area contributed by atoms with Crippen molar-refractivity contribution < 1.29 is 37.6 Å². The Morgan fingerprint density at radius 1 is 0.542 bits per heavy atom. The van der Waals surface area contributed by atoms with E-state index in [9.17, 15) is 19.0 Å². The van der Waals surface area contributed by atoms with Crippen molar-refractivity contribution in [1.29, 1.82) is 0 Å². The maximum absolute atomic E-state index is 12.5. The molecule has 0 radical (unpaired) electrons. The summed E-state index contributed by atoms with van der Waals surface area (Å²) in [6, 6.07) is 0. The molecule has 0 aromatic carbocycles. The molecule has 284 valence electrons. The van der Waals surface area contributed by atoms with Gasteiger partial charge < -0.3 is 14.4 Å². The summed E-state index contributed by atoms with van der Waals surface area (Å²) in [5.74, 6) is -0.800. The van der Waals surface area contributed by atoms with E-state index in [4.69, 9.17) is 18.5 Å². The highest BCUT2D eigenvalue weighted by molar-refractivity contribution is 7.47. The zero-order valence-corrected chi connectivity index (χ0v) is 32.3. The minimum absolute atomic E-state index is 0.00176. The smallest absolute Gasteiger partial charge is 0.462 e. The molecule has 0 rings (SSSR count). The number of hydrogen-bond acceptors (Lipinski definition) is 7. The Kier molecular flexibility index (Phi) is 34.7. The lowest BCUT2D eigenvalue weighted by Gasteiger charge is -2.19. The van der Waals surface area contributed by atoms with E-state index >= 15 is 0 Å². The third-order valence-corrected chi connectivity index (χ3v) is 9.63. The molecule has 0 saturated heterocycles. The summed E-state index contributed by atoms with van der Waals surface area (Å²) >= 11 is 0. The summed E-state index contributed by atoms with van der Waals surface area (Å²) in [4.78, 5) is 34.6. The SMILES string of the molecule is CCCCC/C=C\CCCCCCCC(=O)OC(COC(=O)CCCCCCCCCCCCCCCCCC)COP(=O)(O)OCC. The highest BCUT2D eigenvalue weighted by atomic mass is 31.2. The fourth-order valence-corrected chi connectivity index (χ4v) is 6.38. The molecule has 0 saturated carbocycles. The third kappa shape index (κ3) is 34.6. The van der Waals surface area contributed by atoms with Crippen LogP contribution in [0.4, 0.5) is 0 Å². The number of carbonyl (C=O) groups excluding carboxylic acids is 2. The van der Waals surface area contributed by atoms with Gasteiger partial charge in [-0.2, -0.15) is 0 Å². The Bertz CT molecular complexity index is 803. The van der Waals surface area contributed by atoms with E-state index < -0.39 is 26.5 Å². The number of ether oxygens (including phenoxy) is 2. The van der Waals surface area contributed by atoms with Gasteiger partial charge in [0.2, 0.25) is 0 Å². The average Bonchev–Trinajstić information content (AvgIpc) is 3.06. The first-order chi connectivity index (χ1) is 23.3. The van der Waals surface area contributed by atoms with E-state index in [1.165, 1.54) is 109 Å². The summed E-state index contributed by atoms with van der Waals surface area (Å²) in [7, 11) is -4.27. The van der Waals surface area contributed by atoms with Crippen LogP contribution < -0.4 is 0 Å². The molecule has 48 heavy (non-hydrogen) atoms. The third-order valence-electron chi connectivity index (χ3n) is 8.57. The number of unbranched alkanes of at least 4 members (excludes halogenated alkanes) is 23. The molecule has 0 aliphatic rings. The van der Waals surface area contributed by atoms with Gasteiger partial charge in [0, 0.05) is 12.8 Å². The van der Waals surface area contributed by atoms with Crippen LogP contribution in [0.2, 0.25) is 0 Å². The van der Waals surface area contributed by atoms with Crippen LogP contribution in [0.5, 0.6) is 0 Å². The van der Waals surface area contributed by atoms with Crippen LogP contribution in [-0.2, 0) is 32.7 Å². The highest BCUT2D eigenvalue weighted by Gasteiger charge is 2.25. The van der Waals surface area contributed by atoms with Crippen molar-refractivity contribution >= 4 is 19.8 Å². The molecule has 0 aliphatic carbocycles. The molecule has 0 spiro atoms. The minimum atomic E-state index is -4.27. The zero-order valence-electron chi connectivity index (χ0n) is 31.4. The topological polar surface area (TPSA) is 108 Å². The number of carbonyl (C=O) groups is 2. The summed E-state index contributed by atoms with van der Waals surface area (Å²) < 4.78 is 32.5. The first kappa shape index (κ1) is 46.8. The number of phosphoric ester groups is 1. The number of esters is 2. The van der Waals surface area contributed by atoms with Gasteiger partial charge >= 0.3 is 19.8 Å². The molecule has 0 fully saturated rings. The van der Waals surface area contributed by atoms with Gasteiger partial charge in [0.1, 0.15) is 6.61 Å². The van der Waals surface area contributed by atoms with Crippen LogP contribution in [0.15, 0.2) is 12.2 Å². The van der Waals surface area contributed by atoms with Crippen molar-refractivity contribution in [3.8, 4) is 0 Å². The van der Waals surface area contributed by atoms with Crippen LogP contribution in [0.1, 0.15) is 201 Å². The average molecular weight is 703 g/mol. The van der Waals surface area contributed by atoms with Gasteiger partial charge in [-0.1, -0.05) is 154 Å². The lowest BCUT2D eigenvalue weighted by molar-refractivity contribution is -0.161. The van der Waals surface area contributed by atoms with E-state index in [0.29, 0.717) is 12.8 Å². The van der Waals surface area contributed by atoms with Gasteiger partial charge in [-0.3, -0.25) is 18.6 Å². The summed E-state index contributed by atoms with van der Waals surface area (Å²) in [6.45, 7) is 5.45. The van der Waals surface area contributed by atoms with E-state index in [1.807, 2.05) is 0 Å². The molecular weight excluding hydrogens is 627 g/mol. The molecule has 0 aromatic rings. The quantitative estimate of drug-likeness (QED) is 0.0295. The monoisotopic (exact) mass is 703 g/mol. The second-order valence-corrected chi connectivity index (χ2v) is 14.8. The summed E-state index contributed by atoms with van der Waals surface area (Å²) in [5, 5.41) is 0. The van der Waals surface area contributed by atoms with Crippen LogP contribution in [-0.4, -0.2) is 42.8 Å². The first-order valence-corrected chi connectivity index (χ1v) is 21.5. The Morgan fingerprint density at radius 3 is 1.42 bits per heavy atom. The number of phosphoric acid groups is 1. The van der Waals surface area contributed by atoms with Gasteiger partial charge in [0.25, 0.3) is 0 Å². The summed E-state index contributed by atoms with van der Waals surface area (Å²) in [5.41, 5.74) is 0. The molecule has 0 amide bonds. The van der Waals surface area contributed by atoms with E-state index in [1.54, 1.807) is 6.92 Å². The molecule has 0 aromatic heterocycles. The van der Waals surface area contributed by atoms with Gasteiger partial charge in [0.05, 0.1) is 13.2 Å². The second kappa shape index (κ2) is 35.6. The zero-order chi connectivity index (χ0) is 35.4. The number of rotatable bonds is 37. The van der Waals surface area contributed by atoms with Crippen molar-refractivity contribution in [3.63, 3.8) is 0 Å². The predicted octanol–water partition coefficient (Wildman–Crippen LogP) is 12.1. The van der Waals surface area contributed by atoms with Gasteiger partial charge in [0.15, 0.2) is 6.10 Å². The maximum atomic E-state index is 12.5. The molecule has 9 heteroatoms. The normalized spacial score (nSPS) is 13.5. The van der Waals surface area contributed by atoms with Crippen molar-refractivity contribution in [2.24, 2.45) is 0 Å². The van der Waals surface area contributed by atoms with Gasteiger partial charge in [-0.25, -0.2) is 4.57 Å². The van der Waals surface area contributed by atoms with Gasteiger partial charge in [-0.15, -0.1) is 0 Å². The molecule has 0 heterocycles. The number of hydrogen-bond donors (Lipinski definition) is 1.